The fourth-order valence-corrected chi connectivity index (χ4v) is 2.51. The number of urea groups is 1. The average molecular weight is 333 g/mol. The molecule has 0 aliphatic rings. The van der Waals surface area contributed by atoms with Gasteiger partial charge >= 0.3 is 6.03 Å². The van der Waals surface area contributed by atoms with Gasteiger partial charge in [0.25, 0.3) is 0 Å². The number of hydrogen-bond acceptors (Lipinski definition) is 4. The number of aliphatic hydroxyl groups excluding tert-OH is 1. The predicted molar refractivity (Wildman–Crippen MR) is 94.8 cm³/mol. The molecule has 0 fully saturated rings. The number of amides is 2. The van der Waals surface area contributed by atoms with Crippen molar-refractivity contribution in [3.8, 4) is 11.3 Å². The lowest BCUT2D eigenvalue weighted by atomic mass is 9.89. The van der Waals surface area contributed by atoms with Crippen LogP contribution in [-0.2, 0) is 0 Å². The Morgan fingerprint density at radius 3 is 2.48 bits per heavy atom. The molecule has 1 heterocycles. The van der Waals surface area contributed by atoms with Crippen molar-refractivity contribution in [1.82, 2.24) is 10.3 Å². The summed E-state index contributed by atoms with van der Waals surface area (Å²) in [5.41, 5.74) is 2.39. The van der Waals surface area contributed by atoms with E-state index in [1.165, 1.54) is 0 Å². The van der Waals surface area contributed by atoms with Gasteiger partial charge in [-0.3, -0.25) is 0 Å². The van der Waals surface area contributed by atoms with Crippen LogP contribution in [0.4, 0.5) is 10.5 Å². The van der Waals surface area contributed by atoms with Gasteiger partial charge in [0.1, 0.15) is 0 Å². The fraction of sp³-hybridized carbons (Fsp3) is 0.412. The Balaban J connectivity index is 1.89. The normalized spacial score (nSPS) is 12.7. The number of carbonyl (C=O) groups excluding carboxylic acids is 1. The van der Waals surface area contributed by atoms with E-state index in [-0.39, 0.29) is 18.0 Å². The molecule has 0 saturated carbocycles. The van der Waals surface area contributed by atoms with E-state index < -0.39 is 6.10 Å². The molecule has 0 spiro atoms. The van der Waals surface area contributed by atoms with E-state index in [4.69, 9.17) is 0 Å². The Bertz CT molecular complexity index is 659. The highest BCUT2D eigenvalue weighted by molar-refractivity contribution is 7.09. The van der Waals surface area contributed by atoms with Crippen molar-refractivity contribution in [2.24, 2.45) is 5.41 Å². The molecular formula is C17H23N3O2S. The molecule has 1 unspecified atom stereocenters. The molecular weight excluding hydrogens is 310 g/mol. The maximum absolute atomic E-state index is 11.9. The molecule has 2 rings (SSSR count). The maximum atomic E-state index is 11.9. The summed E-state index contributed by atoms with van der Waals surface area (Å²) in [7, 11) is 0. The Labute approximate surface area is 140 Å². The number of aromatic nitrogens is 1. The van der Waals surface area contributed by atoms with E-state index in [1.807, 2.05) is 57.3 Å². The van der Waals surface area contributed by atoms with Crippen LogP contribution in [0.3, 0.4) is 0 Å². The van der Waals surface area contributed by atoms with Crippen LogP contribution < -0.4 is 10.6 Å². The van der Waals surface area contributed by atoms with Gasteiger partial charge in [-0.1, -0.05) is 32.9 Å². The Hall–Kier alpha value is -1.92. The zero-order valence-electron chi connectivity index (χ0n) is 13.9. The van der Waals surface area contributed by atoms with E-state index in [2.05, 4.69) is 15.6 Å². The van der Waals surface area contributed by atoms with Gasteiger partial charge in [0.2, 0.25) is 0 Å². The van der Waals surface area contributed by atoms with E-state index >= 15 is 0 Å². The quantitative estimate of drug-likeness (QED) is 0.799. The van der Waals surface area contributed by atoms with E-state index in [1.54, 1.807) is 11.3 Å². The number of nitrogens with zero attached hydrogens (tertiary/aromatic N) is 1. The van der Waals surface area contributed by atoms with Crippen molar-refractivity contribution in [3.05, 3.63) is 34.7 Å². The number of aryl methyl sites for hydroxylation is 1. The van der Waals surface area contributed by atoms with Gasteiger partial charge in [0.15, 0.2) is 0 Å². The fourth-order valence-electron chi connectivity index (χ4n) is 1.89. The zero-order valence-corrected chi connectivity index (χ0v) is 14.7. The number of benzene rings is 1. The number of aliphatic hydroxyl groups is 1. The first-order chi connectivity index (χ1) is 10.8. The summed E-state index contributed by atoms with van der Waals surface area (Å²) < 4.78 is 0. The van der Waals surface area contributed by atoms with Gasteiger partial charge in [-0.2, -0.15) is 0 Å². The molecule has 2 amide bonds. The van der Waals surface area contributed by atoms with Crippen LogP contribution in [0.15, 0.2) is 29.6 Å². The predicted octanol–water partition coefficient (Wildman–Crippen LogP) is 3.65. The van der Waals surface area contributed by atoms with Gasteiger partial charge in [-0.05, 0) is 24.5 Å². The monoisotopic (exact) mass is 333 g/mol. The van der Waals surface area contributed by atoms with Gasteiger partial charge < -0.3 is 15.7 Å². The molecule has 0 radical (unpaired) electrons. The summed E-state index contributed by atoms with van der Waals surface area (Å²) >= 11 is 1.61. The van der Waals surface area contributed by atoms with Crippen LogP contribution in [0.25, 0.3) is 11.3 Å². The van der Waals surface area contributed by atoms with Crippen molar-refractivity contribution < 1.29 is 9.90 Å². The van der Waals surface area contributed by atoms with Crippen LogP contribution in [0.5, 0.6) is 0 Å². The summed E-state index contributed by atoms with van der Waals surface area (Å²) in [5, 5.41) is 18.4. The first-order valence-electron chi connectivity index (χ1n) is 7.51. The minimum absolute atomic E-state index is 0.214. The summed E-state index contributed by atoms with van der Waals surface area (Å²) in [5.74, 6) is 0. The highest BCUT2D eigenvalue weighted by Gasteiger charge is 2.22. The molecule has 124 valence electrons. The minimum Gasteiger partial charge on any atom is -0.391 e. The Kier molecular flexibility index (Phi) is 5.38. The lowest BCUT2D eigenvalue weighted by molar-refractivity contribution is 0.0654. The molecule has 1 aromatic carbocycles. The van der Waals surface area contributed by atoms with Crippen molar-refractivity contribution >= 4 is 23.1 Å². The number of hydrogen-bond donors (Lipinski definition) is 3. The number of nitrogens with one attached hydrogen (secondary N) is 2. The van der Waals surface area contributed by atoms with Crippen LogP contribution >= 0.6 is 11.3 Å². The zero-order chi connectivity index (χ0) is 17.0. The molecule has 0 saturated heterocycles. The molecule has 1 aromatic heterocycles. The molecule has 1 atom stereocenters. The summed E-state index contributed by atoms with van der Waals surface area (Å²) in [6.45, 7) is 7.97. The van der Waals surface area contributed by atoms with Gasteiger partial charge in [0.05, 0.1) is 16.8 Å². The number of anilines is 1. The lowest BCUT2D eigenvalue weighted by Crippen LogP contribution is -2.40. The standard InChI is InChI=1S/C17H23N3O2S/c1-11-19-14(10-23-11)12-5-7-13(8-6-12)20-16(22)18-9-15(21)17(2,3)4/h5-8,10,15,21H,9H2,1-4H3,(H2,18,20,22). The summed E-state index contributed by atoms with van der Waals surface area (Å²) in [6.07, 6.45) is -0.594. The van der Waals surface area contributed by atoms with Crippen molar-refractivity contribution in [3.63, 3.8) is 0 Å². The molecule has 23 heavy (non-hydrogen) atoms. The minimum atomic E-state index is -0.594. The third-order valence-corrected chi connectivity index (χ3v) is 4.29. The molecule has 0 aliphatic heterocycles. The Morgan fingerprint density at radius 1 is 1.30 bits per heavy atom. The average Bonchev–Trinajstić information content (AvgIpc) is 2.91. The van der Waals surface area contributed by atoms with E-state index in [0.29, 0.717) is 5.69 Å². The SMILES string of the molecule is Cc1nc(-c2ccc(NC(=O)NCC(O)C(C)(C)C)cc2)cs1. The lowest BCUT2D eigenvalue weighted by Gasteiger charge is -2.25. The number of thiazole rings is 1. The van der Waals surface area contributed by atoms with Gasteiger partial charge in [-0.15, -0.1) is 11.3 Å². The third kappa shape index (κ3) is 5.04. The van der Waals surface area contributed by atoms with Gasteiger partial charge in [0, 0.05) is 23.2 Å². The second-order valence-corrected chi connectivity index (χ2v) is 7.61. The second kappa shape index (κ2) is 7.10. The molecule has 0 aliphatic carbocycles. The number of rotatable bonds is 4. The topological polar surface area (TPSA) is 74.2 Å². The third-order valence-electron chi connectivity index (χ3n) is 3.51. The van der Waals surface area contributed by atoms with E-state index in [9.17, 15) is 9.90 Å². The second-order valence-electron chi connectivity index (χ2n) is 6.55. The van der Waals surface area contributed by atoms with Crippen LogP contribution in [0, 0.1) is 12.3 Å². The van der Waals surface area contributed by atoms with Crippen molar-refractivity contribution in [2.45, 2.75) is 33.8 Å². The molecule has 3 N–H and O–H groups in total. The summed E-state index contributed by atoms with van der Waals surface area (Å²) in [6, 6.07) is 7.20. The highest BCUT2D eigenvalue weighted by Crippen LogP contribution is 2.23. The first-order valence-corrected chi connectivity index (χ1v) is 8.39. The maximum Gasteiger partial charge on any atom is 0.319 e. The van der Waals surface area contributed by atoms with Crippen molar-refractivity contribution in [1.29, 1.82) is 0 Å². The van der Waals surface area contributed by atoms with Crippen LogP contribution in [0.2, 0.25) is 0 Å². The smallest absolute Gasteiger partial charge is 0.319 e. The van der Waals surface area contributed by atoms with E-state index in [0.717, 1.165) is 16.3 Å². The summed E-state index contributed by atoms with van der Waals surface area (Å²) in [4.78, 5) is 16.3. The first kappa shape index (κ1) is 17.4. The van der Waals surface area contributed by atoms with Crippen molar-refractivity contribution in [2.75, 3.05) is 11.9 Å². The van der Waals surface area contributed by atoms with Crippen LogP contribution in [0.1, 0.15) is 25.8 Å². The molecule has 5 nitrogen and oxygen atoms in total. The number of carbonyl (C=O) groups is 1. The Morgan fingerprint density at radius 2 is 1.96 bits per heavy atom. The largest absolute Gasteiger partial charge is 0.391 e. The molecule has 2 aromatic rings. The molecule has 6 heteroatoms. The van der Waals surface area contributed by atoms with Crippen LogP contribution in [-0.4, -0.2) is 28.8 Å². The highest BCUT2D eigenvalue weighted by atomic mass is 32.1. The molecule has 0 bridgehead atoms. The van der Waals surface area contributed by atoms with Gasteiger partial charge in [-0.25, -0.2) is 9.78 Å².